The van der Waals surface area contributed by atoms with Crippen molar-refractivity contribution < 1.29 is 14.7 Å². The molecule has 0 atom stereocenters. The van der Waals surface area contributed by atoms with Crippen LogP contribution in [0.2, 0.25) is 0 Å². The quantitative estimate of drug-likeness (QED) is 0.742. The molecule has 0 saturated heterocycles. The zero-order valence-corrected chi connectivity index (χ0v) is 13.1. The molecule has 1 aliphatic carbocycles. The normalized spacial score (nSPS) is 14.0. The molecule has 22 heavy (non-hydrogen) atoms. The van der Waals surface area contributed by atoms with Crippen LogP contribution < -0.4 is 10.6 Å². The molecule has 1 saturated carbocycles. The van der Waals surface area contributed by atoms with Crippen LogP contribution in [0.3, 0.4) is 0 Å². The summed E-state index contributed by atoms with van der Waals surface area (Å²) in [6.45, 7) is 4.48. The minimum atomic E-state index is -0.529. The molecule has 3 N–H and O–H groups in total. The van der Waals surface area contributed by atoms with Gasteiger partial charge < -0.3 is 10.4 Å². The SMILES string of the molecule is Cc1cccc(NC(=O)NC(=O)CN(CCO)C2CC2)c1C. The van der Waals surface area contributed by atoms with Crippen LogP contribution in [0.25, 0.3) is 0 Å². The zero-order chi connectivity index (χ0) is 16.1. The molecule has 1 aliphatic rings. The number of aryl methyl sites for hydroxylation is 1. The second-order valence-corrected chi connectivity index (χ2v) is 5.68. The lowest BCUT2D eigenvalue weighted by Gasteiger charge is -2.19. The highest BCUT2D eigenvalue weighted by molar-refractivity contribution is 6.02. The highest BCUT2D eigenvalue weighted by Crippen LogP contribution is 2.26. The average Bonchev–Trinajstić information content (AvgIpc) is 3.28. The van der Waals surface area contributed by atoms with E-state index >= 15 is 0 Å². The van der Waals surface area contributed by atoms with Crippen molar-refractivity contribution in [1.82, 2.24) is 10.2 Å². The van der Waals surface area contributed by atoms with Gasteiger partial charge in [0.05, 0.1) is 13.2 Å². The molecule has 1 fully saturated rings. The number of aliphatic hydroxyl groups is 1. The molecule has 6 heteroatoms. The molecule has 0 aliphatic heterocycles. The fourth-order valence-corrected chi connectivity index (χ4v) is 2.35. The molecule has 0 unspecified atom stereocenters. The van der Waals surface area contributed by atoms with Gasteiger partial charge in [0.1, 0.15) is 0 Å². The first kappa shape index (κ1) is 16.5. The molecule has 0 heterocycles. The number of hydrogen-bond acceptors (Lipinski definition) is 4. The maximum Gasteiger partial charge on any atom is 0.325 e. The molecule has 1 aromatic carbocycles. The Morgan fingerprint density at radius 3 is 2.68 bits per heavy atom. The van der Waals surface area contributed by atoms with Gasteiger partial charge >= 0.3 is 6.03 Å². The van der Waals surface area contributed by atoms with Crippen LogP contribution in [-0.2, 0) is 4.79 Å². The van der Waals surface area contributed by atoms with E-state index in [9.17, 15) is 9.59 Å². The van der Waals surface area contributed by atoms with Gasteiger partial charge in [-0.15, -0.1) is 0 Å². The Morgan fingerprint density at radius 1 is 1.32 bits per heavy atom. The summed E-state index contributed by atoms with van der Waals surface area (Å²) in [4.78, 5) is 25.7. The largest absolute Gasteiger partial charge is 0.395 e. The van der Waals surface area contributed by atoms with Gasteiger partial charge in [0.15, 0.2) is 0 Å². The smallest absolute Gasteiger partial charge is 0.325 e. The van der Waals surface area contributed by atoms with Crippen LogP contribution in [0.4, 0.5) is 10.5 Å². The van der Waals surface area contributed by atoms with E-state index in [1.807, 2.05) is 30.9 Å². The van der Waals surface area contributed by atoms with Gasteiger partial charge in [0, 0.05) is 18.3 Å². The molecule has 120 valence electrons. The molecule has 6 nitrogen and oxygen atoms in total. The van der Waals surface area contributed by atoms with Crippen LogP contribution in [0, 0.1) is 13.8 Å². The molecule has 0 aromatic heterocycles. The number of imide groups is 1. The van der Waals surface area contributed by atoms with E-state index in [4.69, 9.17) is 5.11 Å². The number of hydrogen-bond donors (Lipinski definition) is 3. The summed E-state index contributed by atoms with van der Waals surface area (Å²) < 4.78 is 0. The van der Waals surface area contributed by atoms with Gasteiger partial charge in [0.2, 0.25) is 5.91 Å². The number of aliphatic hydroxyl groups excluding tert-OH is 1. The van der Waals surface area contributed by atoms with Gasteiger partial charge in [-0.1, -0.05) is 12.1 Å². The average molecular weight is 305 g/mol. The molecule has 3 amide bonds. The third-order valence-electron chi connectivity index (χ3n) is 3.90. The van der Waals surface area contributed by atoms with Crippen molar-refractivity contribution >= 4 is 17.6 Å². The molecular formula is C16H23N3O3. The number of urea groups is 1. The lowest BCUT2D eigenvalue weighted by molar-refractivity contribution is -0.121. The number of nitrogens with one attached hydrogen (secondary N) is 2. The maximum atomic E-state index is 11.9. The van der Waals surface area contributed by atoms with Gasteiger partial charge in [-0.2, -0.15) is 0 Å². The van der Waals surface area contributed by atoms with E-state index in [1.165, 1.54) is 0 Å². The predicted octanol–water partition coefficient (Wildman–Crippen LogP) is 1.41. The van der Waals surface area contributed by atoms with E-state index in [0.717, 1.165) is 24.0 Å². The second kappa shape index (κ2) is 7.38. The Labute approximate surface area is 130 Å². The lowest BCUT2D eigenvalue weighted by atomic mass is 10.1. The van der Waals surface area contributed by atoms with Crippen molar-refractivity contribution in [3.05, 3.63) is 29.3 Å². The first-order valence-electron chi connectivity index (χ1n) is 7.53. The van der Waals surface area contributed by atoms with E-state index < -0.39 is 6.03 Å². The fraction of sp³-hybridized carbons (Fsp3) is 0.500. The minimum Gasteiger partial charge on any atom is -0.395 e. The number of carbonyl (C=O) groups excluding carboxylic acids is 2. The van der Waals surface area contributed by atoms with Crippen LogP contribution in [0.1, 0.15) is 24.0 Å². The summed E-state index contributed by atoms with van der Waals surface area (Å²) in [6.07, 6.45) is 2.09. The molecule has 0 radical (unpaired) electrons. The van der Waals surface area contributed by atoms with E-state index in [0.29, 0.717) is 18.3 Å². The van der Waals surface area contributed by atoms with E-state index in [1.54, 1.807) is 6.07 Å². The Kier molecular flexibility index (Phi) is 5.51. The van der Waals surface area contributed by atoms with Gasteiger partial charge in [-0.3, -0.25) is 15.0 Å². The topological polar surface area (TPSA) is 81.7 Å². The van der Waals surface area contributed by atoms with E-state index in [2.05, 4.69) is 10.6 Å². The van der Waals surface area contributed by atoms with Crippen molar-refractivity contribution in [2.24, 2.45) is 0 Å². The summed E-state index contributed by atoms with van der Waals surface area (Å²) in [5, 5.41) is 14.0. The Morgan fingerprint density at radius 2 is 2.05 bits per heavy atom. The Balaban J connectivity index is 1.85. The number of anilines is 1. The maximum absolute atomic E-state index is 11.9. The van der Waals surface area contributed by atoms with Gasteiger partial charge in [-0.25, -0.2) is 4.79 Å². The van der Waals surface area contributed by atoms with Crippen molar-refractivity contribution in [2.75, 3.05) is 25.0 Å². The monoisotopic (exact) mass is 305 g/mol. The Bertz CT molecular complexity index is 556. The van der Waals surface area contributed by atoms with Crippen molar-refractivity contribution in [1.29, 1.82) is 0 Å². The molecule has 2 rings (SSSR count). The predicted molar refractivity (Wildman–Crippen MR) is 84.8 cm³/mol. The first-order chi connectivity index (χ1) is 10.5. The minimum absolute atomic E-state index is 0.0124. The second-order valence-electron chi connectivity index (χ2n) is 5.68. The van der Waals surface area contributed by atoms with Crippen molar-refractivity contribution in [3.8, 4) is 0 Å². The number of carbonyl (C=O) groups is 2. The summed E-state index contributed by atoms with van der Waals surface area (Å²) in [5.74, 6) is -0.358. The summed E-state index contributed by atoms with van der Waals surface area (Å²) in [7, 11) is 0. The zero-order valence-electron chi connectivity index (χ0n) is 13.1. The summed E-state index contributed by atoms with van der Waals surface area (Å²) in [5.41, 5.74) is 2.75. The van der Waals surface area contributed by atoms with Crippen LogP contribution in [-0.4, -0.2) is 47.7 Å². The summed E-state index contributed by atoms with van der Waals surface area (Å²) >= 11 is 0. The van der Waals surface area contributed by atoms with E-state index in [-0.39, 0.29) is 19.1 Å². The molecule has 0 bridgehead atoms. The third kappa shape index (κ3) is 4.54. The van der Waals surface area contributed by atoms with Gasteiger partial charge in [-0.05, 0) is 43.9 Å². The lowest BCUT2D eigenvalue weighted by Crippen LogP contribution is -2.43. The number of rotatable bonds is 6. The van der Waals surface area contributed by atoms with Crippen molar-refractivity contribution in [3.63, 3.8) is 0 Å². The van der Waals surface area contributed by atoms with Crippen LogP contribution >= 0.6 is 0 Å². The molecular weight excluding hydrogens is 282 g/mol. The first-order valence-corrected chi connectivity index (χ1v) is 7.53. The highest BCUT2D eigenvalue weighted by atomic mass is 16.3. The fourth-order valence-electron chi connectivity index (χ4n) is 2.35. The standard InChI is InChI=1S/C16H23N3O3/c1-11-4-3-5-14(12(11)2)17-16(22)18-15(21)10-19(8-9-20)13-6-7-13/h3-5,13,20H,6-10H2,1-2H3,(H2,17,18,21,22). The number of benzene rings is 1. The Hall–Kier alpha value is -1.92. The third-order valence-corrected chi connectivity index (χ3v) is 3.90. The van der Waals surface area contributed by atoms with Crippen molar-refractivity contribution in [2.45, 2.75) is 32.7 Å². The number of amides is 3. The molecule has 0 spiro atoms. The number of nitrogens with zero attached hydrogens (tertiary/aromatic N) is 1. The highest BCUT2D eigenvalue weighted by Gasteiger charge is 2.30. The summed E-state index contributed by atoms with van der Waals surface area (Å²) in [6, 6.07) is 5.45. The molecule has 1 aromatic rings. The van der Waals surface area contributed by atoms with Crippen LogP contribution in [0.15, 0.2) is 18.2 Å². The van der Waals surface area contributed by atoms with Crippen LogP contribution in [0.5, 0.6) is 0 Å². The van der Waals surface area contributed by atoms with Gasteiger partial charge in [0.25, 0.3) is 0 Å².